The number of rotatable bonds is 4. The standard InChI is InChI=1S/C18H30N2S/c1-14(2)12-20-10-8-16(9-11-20)18-19-17(13-21-18)15-6-4-3-5-7-15/h13-16H,3-12H2,1-2H3. The molecule has 0 aromatic carbocycles. The van der Waals surface area contributed by atoms with Crippen molar-refractivity contribution < 1.29 is 0 Å². The van der Waals surface area contributed by atoms with E-state index < -0.39 is 0 Å². The summed E-state index contributed by atoms with van der Waals surface area (Å²) in [4.78, 5) is 7.68. The number of hydrogen-bond acceptors (Lipinski definition) is 3. The fraction of sp³-hybridized carbons (Fsp3) is 0.833. The summed E-state index contributed by atoms with van der Waals surface area (Å²) >= 11 is 1.94. The van der Waals surface area contributed by atoms with Gasteiger partial charge in [0.2, 0.25) is 0 Å². The van der Waals surface area contributed by atoms with E-state index in [0.717, 1.165) is 17.8 Å². The molecule has 0 bridgehead atoms. The van der Waals surface area contributed by atoms with Crippen LogP contribution in [0.5, 0.6) is 0 Å². The molecule has 0 unspecified atom stereocenters. The van der Waals surface area contributed by atoms with E-state index >= 15 is 0 Å². The molecule has 1 aliphatic carbocycles. The zero-order valence-corrected chi connectivity index (χ0v) is 14.5. The summed E-state index contributed by atoms with van der Waals surface area (Å²) in [5.41, 5.74) is 1.42. The molecule has 3 heteroatoms. The monoisotopic (exact) mass is 306 g/mol. The lowest BCUT2D eigenvalue weighted by molar-refractivity contribution is 0.192. The van der Waals surface area contributed by atoms with Gasteiger partial charge in [0.05, 0.1) is 10.7 Å². The summed E-state index contributed by atoms with van der Waals surface area (Å²) in [5.74, 6) is 2.29. The molecule has 0 atom stereocenters. The molecule has 0 radical (unpaired) electrons. The highest BCUT2D eigenvalue weighted by Crippen LogP contribution is 2.36. The molecule has 2 aliphatic rings. The average molecular weight is 307 g/mol. The first-order valence-corrected chi connectivity index (χ1v) is 9.78. The molecule has 1 aliphatic heterocycles. The van der Waals surface area contributed by atoms with E-state index in [9.17, 15) is 0 Å². The largest absolute Gasteiger partial charge is 0.303 e. The topological polar surface area (TPSA) is 16.1 Å². The molecule has 0 N–H and O–H groups in total. The third-order valence-electron chi connectivity index (χ3n) is 5.12. The zero-order chi connectivity index (χ0) is 14.7. The summed E-state index contributed by atoms with van der Waals surface area (Å²) in [6, 6.07) is 0. The van der Waals surface area contributed by atoms with Crippen molar-refractivity contribution in [3.05, 3.63) is 16.1 Å². The van der Waals surface area contributed by atoms with Gasteiger partial charge in [-0.25, -0.2) is 4.98 Å². The van der Waals surface area contributed by atoms with E-state index in [2.05, 4.69) is 24.1 Å². The Morgan fingerprint density at radius 2 is 1.81 bits per heavy atom. The molecule has 21 heavy (non-hydrogen) atoms. The first kappa shape index (κ1) is 15.5. The van der Waals surface area contributed by atoms with E-state index in [1.54, 1.807) is 0 Å². The van der Waals surface area contributed by atoms with Crippen molar-refractivity contribution in [1.82, 2.24) is 9.88 Å². The van der Waals surface area contributed by atoms with Gasteiger partial charge in [-0.3, -0.25) is 0 Å². The lowest BCUT2D eigenvalue weighted by Gasteiger charge is -2.32. The van der Waals surface area contributed by atoms with Crippen molar-refractivity contribution in [2.45, 2.75) is 70.6 Å². The third-order valence-corrected chi connectivity index (χ3v) is 6.15. The van der Waals surface area contributed by atoms with Crippen molar-refractivity contribution in [3.63, 3.8) is 0 Å². The molecule has 118 valence electrons. The minimum Gasteiger partial charge on any atom is -0.303 e. The van der Waals surface area contributed by atoms with E-state index in [1.165, 1.54) is 75.3 Å². The molecule has 3 rings (SSSR count). The number of piperidine rings is 1. The van der Waals surface area contributed by atoms with Crippen LogP contribution in [0.3, 0.4) is 0 Å². The fourth-order valence-corrected chi connectivity index (χ4v) is 5.03. The third kappa shape index (κ3) is 4.07. The lowest BCUT2D eigenvalue weighted by Crippen LogP contribution is -2.35. The van der Waals surface area contributed by atoms with Crippen LogP contribution in [0.15, 0.2) is 5.38 Å². The second-order valence-corrected chi connectivity index (χ2v) is 8.30. The molecule has 0 spiro atoms. The summed E-state index contributed by atoms with van der Waals surface area (Å²) in [7, 11) is 0. The number of hydrogen-bond donors (Lipinski definition) is 0. The Labute approximate surface area is 134 Å². The summed E-state index contributed by atoms with van der Waals surface area (Å²) in [5, 5.41) is 3.80. The molecular formula is C18H30N2S. The van der Waals surface area contributed by atoms with Crippen molar-refractivity contribution in [2.75, 3.05) is 19.6 Å². The second kappa shape index (κ2) is 7.23. The van der Waals surface area contributed by atoms with Crippen LogP contribution >= 0.6 is 11.3 Å². The molecular weight excluding hydrogens is 276 g/mol. The SMILES string of the molecule is CC(C)CN1CCC(c2nc(C3CCCCC3)cs2)CC1. The van der Waals surface area contributed by atoms with Gasteiger partial charge in [0.15, 0.2) is 0 Å². The Balaban J connectivity index is 1.55. The number of nitrogens with zero attached hydrogens (tertiary/aromatic N) is 2. The number of thiazole rings is 1. The molecule has 2 fully saturated rings. The Hall–Kier alpha value is -0.410. The lowest BCUT2D eigenvalue weighted by atomic mass is 9.87. The first-order valence-electron chi connectivity index (χ1n) is 8.90. The van der Waals surface area contributed by atoms with Crippen LogP contribution in [0.2, 0.25) is 0 Å². The predicted molar refractivity (Wildman–Crippen MR) is 91.2 cm³/mol. The second-order valence-electron chi connectivity index (χ2n) is 7.41. The van der Waals surface area contributed by atoms with Crippen molar-refractivity contribution in [3.8, 4) is 0 Å². The van der Waals surface area contributed by atoms with Gasteiger partial charge in [0.25, 0.3) is 0 Å². The highest BCUT2D eigenvalue weighted by Gasteiger charge is 2.25. The Bertz CT molecular complexity index is 426. The Kier molecular flexibility index (Phi) is 5.33. The molecule has 1 saturated heterocycles. The van der Waals surface area contributed by atoms with E-state index in [-0.39, 0.29) is 0 Å². The molecule has 2 heterocycles. The van der Waals surface area contributed by atoms with Crippen LogP contribution in [0.25, 0.3) is 0 Å². The minimum atomic E-state index is 0.732. The maximum Gasteiger partial charge on any atom is 0.0960 e. The normalized spacial score (nSPS) is 23.0. The Morgan fingerprint density at radius 3 is 2.48 bits per heavy atom. The van der Waals surface area contributed by atoms with E-state index in [1.807, 2.05) is 11.3 Å². The average Bonchev–Trinajstić information content (AvgIpc) is 2.98. The maximum atomic E-state index is 5.04. The smallest absolute Gasteiger partial charge is 0.0960 e. The van der Waals surface area contributed by atoms with Gasteiger partial charge in [-0.2, -0.15) is 0 Å². The van der Waals surface area contributed by atoms with Crippen LogP contribution in [0.4, 0.5) is 0 Å². The minimum absolute atomic E-state index is 0.732. The molecule has 2 nitrogen and oxygen atoms in total. The van der Waals surface area contributed by atoms with Gasteiger partial charge in [-0.1, -0.05) is 33.1 Å². The first-order chi connectivity index (χ1) is 10.2. The van der Waals surface area contributed by atoms with Crippen LogP contribution in [-0.4, -0.2) is 29.5 Å². The zero-order valence-electron chi connectivity index (χ0n) is 13.7. The quantitative estimate of drug-likeness (QED) is 0.776. The van der Waals surface area contributed by atoms with E-state index in [0.29, 0.717) is 0 Å². The number of likely N-dealkylation sites (tertiary alicyclic amines) is 1. The molecule has 0 amide bonds. The predicted octanol–water partition coefficient (Wildman–Crippen LogP) is 5.03. The van der Waals surface area contributed by atoms with Crippen LogP contribution in [0, 0.1) is 5.92 Å². The van der Waals surface area contributed by atoms with Crippen molar-refractivity contribution >= 4 is 11.3 Å². The van der Waals surface area contributed by atoms with Gasteiger partial charge in [0, 0.05) is 23.8 Å². The fourth-order valence-electron chi connectivity index (χ4n) is 3.95. The van der Waals surface area contributed by atoms with Crippen molar-refractivity contribution in [1.29, 1.82) is 0 Å². The van der Waals surface area contributed by atoms with Gasteiger partial charge >= 0.3 is 0 Å². The van der Waals surface area contributed by atoms with Crippen molar-refractivity contribution in [2.24, 2.45) is 5.92 Å². The van der Waals surface area contributed by atoms with E-state index in [4.69, 9.17) is 4.98 Å². The highest BCUT2D eigenvalue weighted by atomic mass is 32.1. The van der Waals surface area contributed by atoms with Crippen LogP contribution in [0.1, 0.15) is 81.3 Å². The summed E-state index contributed by atoms with van der Waals surface area (Å²) < 4.78 is 0. The maximum absolute atomic E-state index is 5.04. The molecule has 1 saturated carbocycles. The summed E-state index contributed by atoms with van der Waals surface area (Å²) in [6.45, 7) is 8.44. The van der Waals surface area contributed by atoms with Gasteiger partial charge in [-0.15, -0.1) is 11.3 Å². The highest BCUT2D eigenvalue weighted by molar-refractivity contribution is 7.09. The molecule has 1 aromatic rings. The van der Waals surface area contributed by atoms with Crippen LogP contribution < -0.4 is 0 Å². The molecule has 1 aromatic heterocycles. The van der Waals surface area contributed by atoms with Gasteiger partial charge in [0.1, 0.15) is 0 Å². The Morgan fingerprint density at radius 1 is 1.10 bits per heavy atom. The van der Waals surface area contributed by atoms with Gasteiger partial charge in [-0.05, 0) is 44.7 Å². The summed E-state index contributed by atoms with van der Waals surface area (Å²) in [6.07, 6.45) is 9.61. The van der Waals surface area contributed by atoms with Gasteiger partial charge < -0.3 is 4.90 Å². The van der Waals surface area contributed by atoms with Crippen LogP contribution in [-0.2, 0) is 0 Å². The number of aromatic nitrogens is 1.